The highest BCUT2D eigenvalue weighted by molar-refractivity contribution is 7.12. The molecule has 138 valence electrons. The van der Waals surface area contributed by atoms with Gasteiger partial charge in [0, 0.05) is 31.2 Å². The molecule has 2 heterocycles. The van der Waals surface area contributed by atoms with Crippen LogP contribution >= 0.6 is 22.9 Å². The fraction of sp³-hybridized carbons (Fsp3) is 0.368. The molecule has 1 atom stereocenters. The van der Waals surface area contributed by atoms with E-state index in [-0.39, 0.29) is 11.9 Å². The van der Waals surface area contributed by atoms with Crippen molar-refractivity contribution in [1.29, 1.82) is 0 Å². The Morgan fingerprint density at radius 3 is 2.31 bits per heavy atom. The van der Waals surface area contributed by atoms with E-state index in [1.165, 1.54) is 18.4 Å². The van der Waals surface area contributed by atoms with E-state index in [2.05, 4.69) is 4.90 Å². The minimum absolute atomic E-state index is 0.0678. The van der Waals surface area contributed by atoms with Crippen molar-refractivity contribution in [3.63, 3.8) is 0 Å². The fourth-order valence-corrected chi connectivity index (χ4v) is 4.19. The minimum Gasteiger partial charge on any atom is -0.468 e. The molecule has 1 aliphatic heterocycles. The average molecular weight is 393 g/mol. The first-order chi connectivity index (χ1) is 12.5. The third kappa shape index (κ3) is 3.92. The molecule has 3 rings (SSSR count). The molecule has 0 saturated carbocycles. The topological polar surface area (TPSA) is 49.9 Å². The number of nitrogens with zero attached hydrogens (tertiary/aromatic N) is 2. The molecule has 1 amide bonds. The quantitative estimate of drug-likeness (QED) is 0.748. The van der Waals surface area contributed by atoms with E-state index >= 15 is 0 Å². The highest BCUT2D eigenvalue weighted by Gasteiger charge is 2.33. The van der Waals surface area contributed by atoms with Crippen LogP contribution in [0.3, 0.4) is 0 Å². The van der Waals surface area contributed by atoms with Crippen molar-refractivity contribution in [3.8, 4) is 0 Å². The number of carbonyl (C=O) groups excluding carboxylic acids is 2. The summed E-state index contributed by atoms with van der Waals surface area (Å²) in [6.07, 6.45) is 0. The van der Waals surface area contributed by atoms with Gasteiger partial charge in [0.05, 0.1) is 12.0 Å². The van der Waals surface area contributed by atoms with Crippen molar-refractivity contribution < 1.29 is 14.3 Å². The number of halogens is 1. The van der Waals surface area contributed by atoms with Gasteiger partial charge >= 0.3 is 5.97 Å². The summed E-state index contributed by atoms with van der Waals surface area (Å²) in [7, 11) is 1.39. The highest BCUT2D eigenvalue weighted by atomic mass is 35.5. The first-order valence-electron chi connectivity index (χ1n) is 8.42. The van der Waals surface area contributed by atoms with Crippen molar-refractivity contribution in [2.45, 2.75) is 13.0 Å². The van der Waals surface area contributed by atoms with Crippen LogP contribution in [0.15, 0.2) is 35.7 Å². The molecule has 26 heavy (non-hydrogen) atoms. The number of aryl methyl sites for hydroxylation is 1. The lowest BCUT2D eigenvalue weighted by atomic mass is 10.0. The second kappa shape index (κ2) is 8.20. The van der Waals surface area contributed by atoms with E-state index in [9.17, 15) is 9.59 Å². The summed E-state index contributed by atoms with van der Waals surface area (Å²) in [4.78, 5) is 29.7. The molecule has 5 nitrogen and oxygen atoms in total. The summed E-state index contributed by atoms with van der Waals surface area (Å²) >= 11 is 7.43. The third-order valence-corrected chi connectivity index (χ3v) is 5.89. The number of benzene rings is 1. The van der Waals surface area contributed by atoms with Crippen LogP contribution < -0.4 is 0 Å². The molecule has 1 unspecified atom stereocenters. The fourth-order valence-electron chi connectivity index (χ4n) is 3.17. The van der Waals surface area contributed by atoms with Crippen LogP contribution in [-0.2, 0) is 9.53 Å². The number of hydrogen-bond donors (Lipinski definition) is 0. The Morgan fingerprint density at radius 2 is 1.77 bits per heavy atom. The van der Waals surface area contributed by atoms with E-state index in [1.807, 2.05) is 35.4 Å². The summed E-state index contributed by atoms with van der Waals surface area (Å²) < 4.78 is 5.01. The van der Waals surface area contributed by atoms with Crippen LogP contribution in [0.2, 0.25) is 5.02 Å². The number of rotatable bonds is 4. The van der Waals surface area contributed by atoms with Gasteiger partial charge in [-0.2, -0.15) is 0 Å². The molecule has 0 aliphatic carbocycles. The molecule has 0 N–H and O–H groups in total. The number of thiophene rings is 1. The van der Waals surface area contributed by atoms with Crippen molar-refractivity contribution in [2.24, 2.45) is 0 Å². The number of methoxy groups -OCH3 is 1. The molecule has 1 fully saturated rings. The Morgan fingerprint density at radius 1 is 1.12 bits per heavy atom. The molecule has 0 radical (unpaired) electrons. The van der Waals surface area contributed by atoms with Gasteiger partial charge in [-0.3, -0.25) is 9.69 Å². The number of hydrogen-bond acceptors (Lipinski definition) is 5. The maximum absolute atomic E-state index is 12.7. The lowest BCUT2D eigenvalue weighted by Gasteiger charge is -2.38. The molecule has 0 bridgehead atoms. The molecule has 1 aliphatic rings. The second-order valence-corrected chi connectivity index (χ2v) is 7.59. The number of ether oxygens (including phenoxy) is 1. The Balaban J connectivity index is 1.71. The summed E-state index contributed by atoms with van der Waals surface area (Å²) in [6.45, 7) is 4.33. The smallest absolute Gasteiger partial charge is 0.327 e. The average Bonchev–Trinajstić information content (AvgIpc) is 3.09. The van der Waals surface area contributed by atoms with Crippen molar-refractivity contribution in [2.75, 3.05) is 33.3 Å². The second-order valence-electron chi connectivity index (χ2n) is 6.24. The van der Waals surface area contributed by atoms with Crippen molar-refractivity contribution in [1.82, 2.24) is 9.80 Å². The zero-order valence-corrected chi connectivity index (χ0v) is 16.3. The van der Waals surface area contributed by atoms with Crippen LogP contribution in [0, 0.1) is 6.92 Å². The van der Waals surface area contributed by atoms with E-state index in [4.69, 9.17) is 16.3 Å². The summed E-state index contributed by atoms with van der Waals surface area (Å²) in [5.41, 5.74) is 1.85. The SMILES string of the molecule is COC(=O)C(c1ccc(Cl)cc1)N1CCN(C(=O)c2sccc2C)CC1. The summed E-state index contributed by atoms with van der Waals surface area (Å²) in [5, 5.41) is 2.56. The first-order valence-corrected chi connectivity index (χ1v) is 9.67. The van der Waals surface area contributed by atoms with Crippen molar-refractivity contribution >= 4 is 34.8 Å². The predicted octanol–water partition coefficient (Wildman–Crippen LogP) is 3.38. The van der Waals surface area contributed by atoms with Gasteiger partial charge in [0.2, 0.25) is 0 Å². The van der Waals surface area contributed by atoms with Crippen LogP contribution in [-0.4, -0.2) is 55.0 Å². The molecule has 1 aromatic carbocycles. The Hall–Kier alpha value is -1.89. The van der Waals surface area contributed by atoms with Crippen molar-refractivity contribution in [3.05, 3.63) is 56.7 Å². The largest absolute Gasteiger partial charge is 0.468 e. The molecule has 7 heteroatoms. The number of piperazine rings is 1. The van der Waals surface area contributed by atoms with Gasteiger partial charge in [0.1, 0.15) is 6.04 Å². The molecule has 0 spiro atoms. The maximum atomic E-state index is 12.7. The zero-order chi connectivity index (χ0) is 18.7. The van der Waals surface area contributed by atoms with Gasteiger partial charge in [-0.1, -0.05) is 23.7 Å². The highest BCUT2D eigenvalue weighted by Crippen LogP contribution is 2.26. The minimum atomic E-state index is -0.488. The lowest BCUT2D eigenvalue weighted by molar-refractivity contribution is -0.148. The van der Waals surface area contributed by atoms with Crippen LogP contribution in [0.1, 0.15) is 26.8 Å². The molecular weight excluding hydrogens is 372 g/mol. The third-order valence-electron chi connectivity index (χ3n) is 4.63. The number of carbonyl (C=O) groups is 2. The first kappa shape index (κ1) is 18.9. The van der Waals surface area contributed by atoms with Crippen LogP contribution in [0.4, 0.5) is 0 Å². The van der Waals surface area contributed by atoms with E-state index in [0.29, 0.717) is 31.2 Å². The molecule has 1 saturated heterocycles. The van der Waals surface area contributed by atoms with E-state index in [1.54, 1.807) is 12.1 Å². The number of esters is 1. The van der Waals surface area contributed by atoms with Gasteiger partial charge in [-0.05, 0) is 41.6 Å². The van der Waals surface area contributed by atoms with Gasteiger partial charge in [0.15, 0.2) is 0 Å². The van der Waals surface area contributed by atoms with Crippen LogP contribution in [0.25, 0.3) is 0 Å². The summed E-state index contributed by atoms with van der Waals surface area (Å²) in [5.74, 6) is -0.237. The Labute approximate surface area is 162 Å². The normalized spacial score (nSPS) is 16.3. The van der Waals surface area contributed by atoms with Gasteiger partial charge in [0.25, 0.3) is 5.91 Å². The zero-order valence-electron chi connectivity index (χ0n) is 14.8. The van der Waals surface area contributed by atoms with Gasteiger partial charge in [-0.25, -0.2) is 4.79 Å². The summed E-state index contributed by atoms with van der Waals surface area (Å²) in [6, 6.07) is 8.70. The van der Waals surface area contributed by atoms with Gasteiger partial charge < -0.3 is 9.64 Å². The standard InChI is InChI=1S/C19H21ClN2O3S/c1-13-7-12-26-17(13)18(23)22-10-8-21(9-11-22)16(19(24)25-2)14-3-5-15(20)6-4-14/h3-7,12,16H,8-11H2,1-2H3. The van der Waals surface area contributed by atoms with Gasteiger partial charge in [-0.15, -0.1) is 11.3 Å². The Kier molecular flexibility index (Phi) is 5.96. The number of amides is 1. The van der Waals surface area contributed by atoms with E-state index < -0.39 is 6.04 Å². The molecule has 2 aromatic rings. The maximum Gasteiger partial charge on any atom is 0.327 e. The lowest BCUT2D eigenvalue weighted by Crippen LogP contribution is -2.51. The van der Waals surface area contributed by atoms with E-state index in [0.717, 1.165) is 16.0 Å². The monoisotopic (exact) mass is 392 g/mol. The Bertz CT molecular complexity index is 782. The predicted molar refractivity (Wildman–Crippen MR) is 103 cm³/mol. The molecule has 1 aromatic heterocycles. The van der Waals surface area contributed by atoms with Crippen LogP contribution in [0.5, 0.6) is 0 Å². The molecular formula is C19H21ClN2O3S.